The Morgan fingerprint density at radius 1 is 1.17 bits per heavy atom. The highest BCUT2D eigenvalue weighted by atomic mass is 127. The summed E-state index contributed by atoms with van der Waals surface area (Å²) < 4.78 is 25.6. The first-order chi connectivity index (χ1) is 13.9. The zero-order chi connectivity index (χ0) is 20.9. The van der Waals surface area contributed by atoms with Crippen LogP contribution in [-0.4, -0.2) is 43.8 Å². The summed E-state index contributed by atoms with van der Waals surface area (Å²) in [5.74, 6) is 0.713. The maximum atomic E-state index is 11.7. The first-order valence-corrected chi connectivity index (χ1v) is 11.4. The SMILES string of the molecule is CN=C(NCCCn1cnc2ccccc21)NCc1ccc(S(C)(=O)=O)c(C)c1.I. The van der Waals surface area contributed by atoms with Crippen molar-refractivity contribution in [3.8, 4) is 0 Å². The van der Waals surface area contributed by atoms with Crippen molar-refractivity contribution in [2.75, 3.05) is 19.8 Å². The summed E-state index contributed by atoms with van der Waals surface area (Å²) in [7, 11) is -1.46. The number of aromatic nitrogens is 2. The zero-order valence-corrected chi connectivity index (χ0v) is 20.6. The average molecular weight is 541 g/mol. The molecular formula is C21H28IN5O2S. The molecule has 0 atom stereocenters. The summed E-state index contributed by atoms with van der Waals surface area (Å²) >= 11 is 0. The molecule has 0 aliphatic heterocycles. The molecule has 2 N–H and O–H groups in total. The Morgan fingerprint density at radius 2 is 1.93 bits per heavy atom. The van der Waals surface area contributed by atoms with Gasteiger partial charge in [0.2, 0.25) is 0 Å². The number of hydrogen-bond donors (Lipinski definition) is 2. The highest BCUT2D eigenvalue weighted by Gasteiger charge is 2.11. The molecule has 2 aromatic carbocycles. The van der Waals surface area contributed by atoms with E-state index in [2.05, 4.69) is 31.2 Å². The third-order valence-electron chi connectivity index (χ3n) is 4.72. The van der Waals surface area contributed by atoms with Crippen molar-refractivity contribution in [3.63, 3.8) is 0 Å². The predicted molar refractivity (Wildman–Crippen MR) is 132 cm³/mol. The second-order valence-corrected chi connectivity index (χ2v) is 8.99. The van der Waals surface area contributed by atoms with Gasteiger partial charge in [0.15, 0.2) is 15.8 Å². The molecule has 0 radical (unpaired) electrons. The molecule has 0 aliphatic carbocycles. The number of hydrogen-bond acceptors (Lipinski definition) is 4. The van der Waals surface area contributed by atoms with E-state index in [4.69, 9.17) is 0 Å². The van der Waals surface area contributed by atoms with E-state index in [1.807, 2.05) is 43.6 Å². The van der Waals surface area contributed by atoms with Gasteiger partial charge in [-0.15, -0.1) is 24.0 Å². The Kier molecular flexibility index (Phi) is 8.65. The van der Waals surface area contributed by atoms with Crippen LogP contribution in [0.1, 0.15) is 17.5 Å². The van der Waals surface area contributed by atoms with Crippen LogP contribution < -0.4 is 10.6 Å². The van der Waals surface area contributed by atoms with E-state index >= 15 is 0 Å². The lowest BCUT2D eigenvalue weighted by Crippen LogP contribution is -2.37. The van der Waals surface area contributed by atoms with Gasteiger partial charge in [-0.2, -0.15) is 0 Å². The lowest BCUT2D eigenvalue weighted by Gasteiger charge is -2.13. The summed E-state index contributed by atoms with van der Waals surface area (Å²) in [5, 5.41) is 6.57. The fourth-order valence-electron chi connectivity index (χ4n) is 3.29. The molecule has 30 heavy (non-hydrogen) atoms. The van der Waals surface area contributed by atoms with Crippen molar-refractivity contribution >= 4 is 50.8 Å². The quantitative estimate of drug-likeness (QED) is 0.208. The highest BCUT2D eigenvalue weighted by molar-refractivity contribution is 14.0. The van der Waals surface area contributed by atoms with E-state index in [0.717, 1.165) is 41.7 Å². The minimum absolute atomic E-state index is 0. The van der Waals surface area contributed by atoms with Crippen LogP contribution in [-0.2, 0) is 22.9 Å². The highest BCUT2D eigenvalue weighted by Crippen LogP contribution is 2.16. The molecule has 0 bridgehead atoms. The van der Waals surface area contributed by atoms with Gasteiger partial charge in [-0.3, -0.25) is 4.99 Å². The lowest BCUT2D eigenvalue weighted by molar-refractivity contribution is 0.601. The molecular weight excluding hydrogens is 513 g/mol. The Balaban J connectivity index is 0.00000320. The van der Waals surface area contributed by atoms with E-state index in [1.165, 1.54) is 6.26 Å². The zero-order valence-electron chi connectivity index (χ0n) is 17.4. The van der Waals surface area contributed by atoms with E-state index in [9.17, 15) is 8.42 Å². The topological polar surface area (TPSA) is 88.4 Å². The van der Waals surface area contributed by atoms with Gasteiger partial charge in [-0.05, 0) is 42.7 Å². The third-order valence-corrected chi connectivity index (χ3v) is 5.97. The van der Waals surface area contributed by atoms with Gasteiger partial charge in [0.1, 0.15) is 0 Å². The summed E-state index contributed by atoms with van der Waals surface area (Å²) in [4.78, 5) is 9.03. The first kappa shape index (κ1) is 24.1. The van der Waals surface area contributed by atoms with E-state index in [1.54, 1.807) is 13.1 Å². The number of sulfone groups is 1. The van der Waals surface area contributed by atoms with Crippen LogP contribution in [0.15, 0.2) is 58.7 Å². The minimum atomic E-state index is -3.20. The second-order valence-electron chi connectivity index (χ2n) is 7.00. The largest absolute Gasteiger partial charge is 0.356 e. The van der Waals surface area contributed by atoms with Crippen LogP contribution in [0.5, 0.6) is 0 Å². The number of benzene rings is 2. The molecule has 0 saturated carbocycles. The molecule has 3 rings (SSSR count). The van der Waals surface area contributed by atoms with Crippen molar-refractivity contribution in [1.82, 2.24) is 20.2 Å². The van der Waals surface area contributed by atoms with E-state index in [-0.39, 0.29) is 24.0 Å². The standard InChI is InChI=1S/C21H27N5O2S.HI/c1-16-13-17(9-10-20(16)29(3,27)28)14-24-21(22-2)23-11-6-12-26-15-25-18-7-4-5-8-19(18)26;/h4-5,7-10,13,15H,6,11-12,14H2,1-3H3,(H2,22,23,24);1H. The van der Waals surface area contributed by atoms with Crippen LogP contribution in [0.3, 0.4) is 0 Å². The van der Waals surface area contributed by atoms with Crippen molar-refractivity contribution in [2.24, 2.45) is 4.99 Å². The number of nitrogens with one attached hydrogen (secondary N) is 2. The van der Waals surface area contributed by atoms with Gasteiger partial charge in [0, 0.05) is 32.9 Å². The van der Waals surface area contributed by atoms with Crippen molar-refractivity contribution in [2.45, 2.75) is 31.3 Å². The van der Waals surface area contributed by atoms with Crippen molar-refractivity contribution in [1.29, 1.82) is 0 Å². The number of guanidine groups is 1. The number of nitrogens with zero attached hydrogens (tertiary/aromatic N) is 3. The minimum Gasteiger partial charge on any atom is -0.356 e. The number of imidazole rings is 1. The van der Waals surface area contributed by atoms with Crippen LogP contribution in [0.2, 0.25) is 0 Å². The maximum Gasteiger partial charge on any atom is 0.191 e. The molecule has 0 spiro atoms. The van der Waals surface area contributed by atoms with Gasteiger partial charge in [-0.25, -0.2) is 13.4 Å². The number of aliphatic imine (C=N–C) groups is 1. The number of para-hydroxylation sites is 2. The Hall–Kier alpha value is -2.14. The van der Waals surface area contributed by atoms with Crippen LogP contribution in [0.4, 0.5) is 0 Å². The summed E-state index contributed by atoms with van der Waals surface area (Å²) in [6, 6.07) is 13.5. The maximum absolute atomic E-state index is 11.7. The molecule has 162 valence electrons. The van der Waals surface area contributed by atoms with Gasteiger partial charge in [0.25, 0.3) is 0 Å². The monoisotopic (exact) mass is 541 g/mol. The van der Waals surface area contributed by atoms with Gasteiger partial charge in [0.05, 0.1) is 22.3 Å². The number of rotatable bonds is 7. The number of fused-ring (bicyclic) bond motifs is 1. The van der Waals surface area contributed by atoms with Crippen molar-refractivity contribution in [3.05, 3.63) is 59.9 Å². The summed E-state index contributed by atoms with van der Waals surface area (Å²) in [5.41, 5.74) is 3.91. The molecule has 1 aromatic heterocycles. The normalized spacial score (nSPS) is 11.9. The summed E-state index contributed by atoms with van der Waals surface area (Å²) in [6.07, 6.45) is 4.04. The fourth-order valence-corrected chi connectivity index (χ4v) is 4.25. The molecule has 7 nitrogen and oxygen atoms in total. The first-order valence-electron chi connectivity index (χ1n) is 9.52. The molecule has 9 heteroatoms. The molecule has 3 aromatic rings. The smallest absolute Gasteiger partial charge is 0.191 e. The van der Waals surface area contributed by atoms with Crippen molar-refractivity contribution < 1.29 is 8.42 Å². The van der Waals surface area contributed by atoms with Crippen LogP contribution in [0, 0.1) is 6.92 Å². The fraction of sp³-hybridized carbons (Fsp3) is 0.333. The predicted octanol–water partition coefficient (Wildman–Crippen LogP) is 3.12. The Labute approximate surface area is 194 Å². The Bertz CT molecular complexity index is 1130. The molecule has 0 saturated heterocycles. The van der Waals surface area contributed by atoms with Crippen LogP contribution in [0.25, 0.3) is 11.0 Å². The van der Waals surface area contributed by atoms with Gasteiger partial charge < -0.3 is 15.2 Å². The molecule has 1 heterocycles. The third kappa shape index (κ3) is 6.18. The number of aryl methyl sites for hydroxylation is 2. The van der Waals surface area contributed by atoms with E-state index < -0.39 is 9.84 Å². The van der Waals surface area contributed by atoms with E-state index in [0.29, 0.717) is 17.4 Å². The number of halogens is 1. The molecule has 0 aliphatic rings. The lowest BCUT2D eigenvalue weighted by atomic mass is 10.1. The second kappa shape index (κ2) is 10.8. The molecule has 0 unspecified atom stereocenters. The van der Waals surface area contributed by atoms with Crippen LogP contribution >= 0.6 is 24.0 Å². The summed E-state index contributed by atoms with van der Waals surface area (Å²) in [6.45, 7) is 4.03. The molecule has 0 fully saturated rings. The van der Waals surface area contributed by atoms with Gasteiger partial charge in [-0.1, -0.05) is 24.3 Å². The average Bonchev–Trinajstić information content (AvgIpc) is 3.09. The molecule has 0 amide bonds. The van der Waals surface area contributed by atoms with Gasteiger partial charge >= 0.3 is 0 Å². The Morgan fingerprint density at radius 3 is 2.63 bits per heavy atom.